The number of oxazole rings is 1. The lowest BCUT2D eigenvalue weighted by molar-refractivity contribution is -0.476. The van der Waals surface area contributed by atoms with Crippen LogP contribution in [0, 0.1) is 0 Å². The van der Waals surface area contributed by atoms with E-state index in [0.29, 0.717) is 59.8 Å². The van der Waals surface area contributed by atoms with Gasteiger partial charge in [0.05, 0.1) is 0 Å². The summed E-state index contributed by atoms with van der Waals surface area (Å²) in [5.74, 6) is 0.328. The predicted molar refractivity (Wildman–Crippen MR) is 143 cm³/mol. The zero-order valence-corrected chi connectivity index (χ0v) is 21.6. The number of benzene rings is 1. The number of anilines is 1. The Labute approximate surface area is 216 Å². The summed E-state index contributed by atoms with van der Waals surface area (Å²) >= 11 is 6.10. The molecule has 1 saturated heterocycles. The molecular formula is C27H33ClN5O3+. The van der Waals surface area contributed by atoms with Crippen LogP contribution in [0.2, 0.25) is 5.02 Å². The zero-order valence-electron chi connectivity index (χ0n) is 20.8. The molecule has 36 heavy (non-hydrogen) atoms. The molecule has 0 spiro atoms. The topological polar surface area (TPSA) is 98.8 Å². The molecule has 0 bridgehead atoms. The van der Waals surface area contributed by atoms with Gasteiger partial charge in [-0.25, -0.2) is 4.99 Å². The standard InChI is InChI=1S/C27H32ClN5O3/c1-4-5-6-8-18(2)23(25-30-12-7-16-35-25)24(29)26(34)33-15-14-32(13-11-19(33)3)27-31-21-17-20(28)9-10-22(21)36-27/h4-6,8-10,17,19H,1,7,11-16,29H2,2-3H3/p+1/b6-5-,18-8+,24-23-/t19-/m1/s1. The third-order valence-corrected chi connectivity index (χ3v) is 6.63. The van der Waals surface area contributed by atoms with Gasteiger partial charge in [0.25, 0.3) is 11.9 Å². The lowest BCUT2D eigenvalue weighted by Crippen LogP contribution is -2.76. The maximum atomic E-state index is 13.7. The van der Waals surface area contributed by atoms with Crippen molar-refractivity contribution in [2.75, 3.05) is 37.7 Å². The molecule has 0 unspecified atom stereocenters. The average Bonchev–Trinajstić information content (AvgIpc) is 3.19. The summed E-state index contributed by atoms with van der Waals surface area (Å²) in [6, 6.07) is 5.89. The van der Waals surface area contributed by atoms with Gasteiger partial charge in [-0.2, -0.15) is 4.98 Å². The van der Waals surface area contributed by atoms with Crippen molar-refractivity contribution in [3.8, 4) is 0 Å². The van der Waals surface area contributed by atoms with Crippen LogP contribution in [0.4, 0.5) is 6.01 Å². The van der Waals surface area contributed by atoms with Gasteiger partial charge in [-0.15, -0.1) is 0 Å². The molecule has 9 heteroatoms. The maximum Gasteiger partial charge on any atom is 0.370 e. The summed E-state index contributed by atoms with van der Waals surface area (Å²) in [4.78, 5) is 25.5. The summed E-state index contributed by atoms with van der Waals surface area (Å²) in [6.07, 6.45) is 8.92. The number of allylic oxidation sites excluding steroid dienone is 4. The largest absolute Gasteiger partial charge is 0.444 e. The smallest absolute Gasteiger partial charge is 0.370 e. The molecule has 4 rings (SSSR count). The van der Waals surface area contributed by atoms with Crippen molar-refractivity contribution < 1.29 is 18.9 Å². The van der Waals surface area contributed by atoms with Crippen molar-refractivity contribution in [1.82, 2.24) is 9.88 Å². The summed E-state index contributed by atoms with van der Waals surface area (Å²) in [5.41, 5.74) is 9.54. The molecule has 3 N–H and O–H groups in total. The monoisotopic (exact) mass is 510 g/mol. The summed E-state index contributed by atoms with van der Waals surface area (Å²) in [7, 11) is 0. The van der Waals surface area contributed by atoms with Crippen LogP contribution >= 0.6 is 11.6 Å². The molecule has 190 valence electrons. The number of nitrogens with two attached hydrogens (primary N) is 1. The molecule has 0 radical (unpaired) electrons. The molecule has 3 heterocycles. The molecule has 2 aliphatic rings. The number of rotatable bonds is 6. The minimum atomic E-state index is -0.215. The molecule has 1 aromatic heterocycles. The second-order valence-corrected chi connectivity index (χ2v) is 9.39. The van der Waals surface area contributed by atoms with E-state index in [1.165, 1.54) is 0 Å². The van der Waals surface area contributed by atoms with Crippen molar-refractivity contribution in [2.24, 2.45) is 5.73 Å². The molecular weight excluding hydrogens is 478 g/mol. The number of hydrogen-bond donors (Lipinski definition) is 2. The van der Waals surface area contributed by atoms with Crippen LogP contribution < -0.4 is 15.6 Å². The van der Waals surface area contributed by atoms with Crippen molar-refractivity contribution in [3.05, 3.63) is 70.9 Å². The fourth-order valence-corrected chi connectivity index (χ4v) is 4.54. The van der Waals surface area contributed by atoms with Crippen LogP contribution in [-0.4, -0.2) is 60.5 Å². The summed E-state index contributed by atoms with van der Waals surface area (Å²) in [6.45, 7) is 10.8. The van der Waals surface area contributed by atoms with E-state index < -0.39 is 0 Å². The van der Waals surface area contributed by atoms with E-state index in [2.05, 4.69) is 21.5 Å². The second-order valence-electron chi connectivity index (χ2n) is 8.95. The Kier molecular flexibility index (Phi) is 8.15. The van der Waals surface area contributed by atoms with E-state index in [1.807, 2.05) is 43.0 Å². The van der Waals surface area contributed by atoms with Crippen molar-refractivity contribution >= 4 is 40.5 Å². The Morgan fingerprint density at radius 3 is 2.89 bits per heavy atom. The molecule has 0 saturated carbocycles. The Morgan fingerprint density at radius 1 is 1.31 bits per heavy atom. The molecule has 8 nitrogen and oxygen atoms in total. The van der Waals surface area contributed by atoms with Gasteiger partial charge in [-0.05, 0) is 44.0 Å². The molecule has 2 aliphatic heterocycles. The highest BCUT2D eigenvalue weighted by Gasteiger charge is 2.32. The van der Waals surface area contributed by atoms with Gasteiger partial charge in [-0.3, -0.25) is 4.79 Å². The first kappa shape index (κ1) is 25.6. The Bertz CT molecular complexity index is 1260. The molecule has 1 fully saturated rings. The number of nitrogens with one attached hydrogen (secondary N) is 1. The number of halogens is 1. The SMILES string of the molecule is C=C\C=C/C=C(C)/C(C1=[NH+]CCCO1)=C(/N)C(=O)N1CCN(c2nc3cc(Cl)ccc3o2)CC[C@H]1C. The maximum absolute atomic E-state index is 13.7. The van der Waals surface area contributed by atoms with E-state index in [4.69, 9.17) is 26.5 Å². The molecule has 0 aliphatic carbocycles. The van der Waals surface area contributed by atoms with E-state index in [-0.39, 0.29) is 17.6 Å². The minimum absolute atomic E-state index is 0.0173. The number of fused-ring (bicyclic) bond motifs is 1. The first-order valence-electron chi connectivity index (χ1n) is 12.2. The Morgan fingerprint density at radius 2 is 2.14 bits per heavy atom. The van der Waals surface area contributed by atoms with Gasteiger partial charge in [0, 0.05) is 37.1 Å². The van der Waals surface area contributed by atoms with Crippen LogP contribution in [0.5, 0.6) is 0 Å². The van der Waals surface area contributed by atoms with E-state index in [1.54, 1.807) is 18.2 Å². The first-order valence-corrected chi connectivity index (χ1v) is 12.6. The summed E-state index contributed by atoms with van der Waals surface area (Å²) < 4.78 is 11.8. The van der Waals surface area contributed by atoms with Gasteiger partial charge in [0.15, 0.2) is 5.58 Å². The number of amides is 1. The Hall–Kier alpha value is -3.52. The highest BCUT2D eigenvalue weighted by atomic mass is 35.5. The minimum Gasteiger partial charge on any atom is -0.444 e. The number of ether oxygens (including phenoxy) is 1. The quantitative estimate of drug-likeness (QED) is 0.458. The van der Waals surface area contributed by atoms with Crippen LogP contribution in [-0.2, 0) is 9.53 Å². The highest BCUT2D eigenvalue weighted by molar-refractivity contribution is 6.31. The van der Waals surface area contributed by atoms with Crippen LogP contribution in [0.3, 0.4) is 0 Å². The van der Waals surface area contributed by atoms with Gasteiger partial charge in [-0.1, -0.05) is 42.5 Å². The van der Waals surface area contributed by atoms with Crippen molar-refractivity contribution in [3.63, 3.8) is 0 Å². The van der Waals surface area contributed by atoms with Crippen LogP contribution in [0.1, 0.15) is 26.7 Å². The number of aromatic nitrogens is 1. The number of nitrogens with zero attached hydrogens (tertiary/aromatic N) is 3. The second kappa shape index (κ2) is 11.5. The third kappa shape index (κ3) is 5.65. The summed E-state index contributed by atoms with van der Waals surface area (Å²) in [5, 5.41) is 0.611. The Balaban J connectivity index is 1.59. The average molecular weight is 511 g/mol. The normalized spacial score (nSPS) is 20.1. The lowest BCUT2D eigenvalue weighted by Gasteiger charge is -2.27. The van der Waals surface area contributed by atoms with Gasteiger partial charge < -0.3 is 24.7 Å². The van der Waals surface area contributed by atoms with Gasteiger partial charge >= 0.3 is 5.90 Å². The molecule has 1 amide bonds. The fraction of sp³-hybridized carbons (Fsp3) is 0.370. The van der Waals surface area contributed by atoms with Crippen LogP contribution in [0.15, 0.2) is 70.3 Å². The zero-order chi connectivity index (χ0) is 25.7. The molecule has 1 atom stereocenters. The van der Waals surface area contributed by atoms with E-state index in [9.17, 15) is 4.79 Å². The third-order valence-electron chi connectivity index (χ3n) is 6.40. The first-order chi connectivity index (χ1) is 17.4. The van der Waals surface area contributed by atoms with Gasteiger partial charge in [0.2, 0.25) is 0 Å². The fourth-order valence-electron chi connectivity index (χ4n) is 4.37. The molecule has 2 aromatic rings. The molecule has 1 aromatic carbocycles. The van der Waals surface area contributed by atoms with Crippen molar-refractivity contribution in [1.29, 1.82) is 0 Å². The lowest BCUT2D eigenvalue weighted by atomic mass is 10.0. The highest BCUT2D eigenvalue weighted by Crippen LogP contribution is 2.26. The van der Waals surface area contributed by atoms with E-state index in [0.717, 1.165) is 25.0 Å². The van der Waals surface area contributed by atoms with E-state index >= 15 is 0 Å². The van der Waals surface area contributed by atoms with Crippen LogP contribution in [0.25, 0.3) is 11.1 Å². The number of hydrogen-bond acceptors (Lipinski definition) is 6. The number of carbonyl (C=O) groups excluding carboxylic acids is 1. The number of carbonyl (C=O) groups is 1. The van der Waals surface area contributed by atoms with Crippen molar-refractivity contribution in [2.45, 2.75) is 32.7 Å². The predicted octanol–water partition coefficient (Wildman–Crippen LogP) is 2.71. The van der Waals surface area contributed by atoms with Gasteiger partial charge in [0.1, 0.15) is 29.9 Å².